The third-order valence-corrected chi connectivity index (χ3v) is 4.91. The van der Waals surface area contributed by atoms with Gasteiger partial charge >= 0.3 is 0 Å². The Hall–Kier alpha value is -3.01. The van der Waals surface area contributed by atoms with Crippen molar-refractivity contribution in [1.29, 1.82) is 0 Å². The van der Waals surface area contributed by atoms with Gasteiger partial charge in [0.05, 0.1) is 14.2 Å². The van der Waals surface area contributed by atoms with E-state index in [0.29, 0.717) is 13.0 Å². The van der Waals surface area contributed by atoms with E-state index in [-0.39, 0.29) is 5.91 Å². The van der Waals surface area contributed by atoms with E-state index in [2.05, 4.69) is 35.6 Å². The Kier molecular flexibility index (Phi) is 6.90. The molecule has 0 heterocycles. The van der Waals surface area contributed by atoms with Crippen molar-refractivity contribution >= 4 is 16.7 Å². The van der Waals surface area contributed by atoms with Crippen LogP contribution in [-0.2, 0) is 17.6 Å². The van der Waals surface area contributed by atoms with Crippen LogP contribution in [0.15, 0.2) is 60.7 Å². The first-order valence-corrected chi connectivity index (χ1v) is 9.65. The predicted molar refractivity (Wildman–Crippen MR) is 113 cm³/mol. The van der Waals surface area contributed by atoms with Crippen LogP contribution in [-0.4, -0.2) is 26.7 Å². The van der Waals surface area contributed by atoms with Crippen molar-refractivity contribution < 1.29 is 14.3 Å². The number of fused-ring (bicyclic) bond motifs is 1. The number of amides is 1. The highest BCUT2D eigenvalue weighted by Crippen LogP contribution is 2.27. The monoisotopic (exact) mass is 377 g/mol. The van der Waals surface area contributed by atoms with Crippen LogP contribution >= 0.6 is 0 Å². The van der Waals surface area contributed by atoms with Gasteiger partial charge in [0.1, 0.15) is 0 Å². The number of aryl methyl sites for hydroxylation is 2. The van der Waals surface area contributed by atoms with Gasteiger partial charge < -0.3 is 14.8 Å². The summed E-state index contributed by atoms with van der Waals surface area (Å²) in [6.07, 6.45) is 3.02. The molecule has 0 fully saturated rings. The summed E-state index contributed by atoms with van der Waals surface area (Å²) in [6.45, 7) is 0.669. The van der Waals surface area contributed by atoms with Gasteiger partial charge in [-0.2, -0.15) is 0 Å². The Morgan fingerprint density at radius 3 is 2.50 bits per heavy atom. The van der Waals surface area contributed by atoms with Crippen molar-refractivity contribution in [2.45, 2.75) is 25.7 Å². The number of methoxy groups -OCH3 is 2. The Morgan fingerprint density at radius 2 is 1.68 bits per heavy atom. The molecule has 0 radical (unpaired) electrons. The van der Waals surface area contributed by atoms with Crippen LogP contribution in [0.25, 0.3) is 10.8 Å². The number of hydrogen-bond acceptors (Lipinski definition) is 3. The van der Waals surface area contributed by atoms with Crippen LogP contribution < -0.4 is 14.8 Å². The van der Waals surface area contributed by atoms with Crippen LogP contribution in [0.2, 0.25) is 0 Å². The Morgan fingerprint density at radius 1 is 0.893 bits per heavy atom. The summed E-state index contributed by atoms with van der Waals surface area (Å²) in [4.78, 5) is 12.2. The van der Waals surface area contributed by atoms with Gasteiger partial charge in [-0.1, -0.05) is 48.5 Å². The maximum absolute atomic E-state index is 12.2. The number of ether oxygens (including phenoxy) is 2. The molecule has 28 heavy (non-hydrogen) atoms. The van der Waals surface area contributed by atoms with E-state index < -0.39 is 0 Å². The van der Waals surface area contributed by atoms with Gasteiger partial charge in [-0.3, -0.25) is 4.79 Å². The van der Waals surface area contributed by atoms with Crippen molar-refractivity contribution in [3.63, 3.8) is 0 Å². The van der Waals surface area contributed by atoms with Crippen LogP contribution in [0.3, 0.4) is 0 Å². The highest BCUT2D eigenvalue weighted by molar-refractivity contribution is 5.86. The van der Waals surface area contributed by atoms with E-state index in [1.807, 2.05) is 30.3 Å². The first-order valence-electron chi connectivity index (χ1n) is 9.65. The van der Waals surface area contributed by atoms with E-state index in [0.717, 1.165) is 30.8 Å². The molecule has 0 saturated carbocycles. The number of nitrogens with one attached hydrogen (secondary N) is 1. The molecule has 0 unspecified atom stereocenters. The minimum Gasteiger partial charge on any atom is -0.493 e. The summed E-state index contributed by atoms with van der Waals surface area (Å²) >= 11 is 0. The highest BCUT2D eigenvalue weighted by Gasteiger charge is 2.06. The smallest absolute Gasteiger partial charge is 0.220 e. The van der Waals surface area contributed by atoms with Gasteiger partial charge in [-0.25, -0.2) is 0 Å². The van der Waals surface area contributed by atoms with Crippen LogP contribution in [0.4, 0.5) is 0 Å². The van der Waals surface area contributed by atoms with Crippen molar-refractivity contribution in [3.8, 4) is 11.5 Å². The summed E-state index contributed by atoms with van der Waals surface area (Å²) in [5.74, 6) is 1.56. The zero-order valence-corrected chi connectivity index (χ0v) is 16.5. The number of benzene rings is 3. The molecule has 4 heteroatoms. The molecule has 146 valence electrons. The molecule has 0 spiro atoms. The largest absolute Gasteiger partial charge is 0.493 e. The van der Waals surface area contributed by atoms with Crippen molar-refractivity contribution in [1.82, 2.24) is 5.32 Å². The van der Waals surface area contributed by atoms with Crippen molar-refractivity contribution in [2.75, 3.05) is 20.8 Å². The maximum atomic E-state index is 12.2. The Labute approximate surface area is 166 Å². The van der Waals surface area contributed by atoms with Crippen LogP contribution in [0.5, 0.6) is 11.5 Å². The van der Waals surface area contributed by atoms with E-state index >= 15 is 0 Å². The Balaban J connectivity index is 1.43. The van der Waals surface area contributed by atoms with Gasteiger partial charge in [0.25, 0.3) is 0 Å². The molecule has 3 rings (SSSR count). The van der Waals surface area contributed by atoms with E-state index in [1.54, 1.807) is 14.2 Å². The molecular formula is C24H27NO3. The second-order valence-electron chi connectivity index (χ2n) is 6.78. The second kappa shape index (κ2) is 9.79. The number of carbonyl (C=O) groups is 1. The average molecular weight is 377 g/mol. The van der Waals surface area contributed by atoms with Gasteiger partial charge in [0.2, 0.25) is 5.91 Å². The fraction of sp³-hybridized carbons (Fsp3) is 0.292. The number of hydrogen-bond donors (Lipinski definition) is 1. The van der Waals surface area contributed by atoms with E-state index in [9.17, 15) is 4.79 Å². The average Bonchev–Trinajstić information content (AvgIpc) is 2.75. The van der Waals surface area contributed by atoms with Crippen LogP contribution in [0.1, 0.15) is 24.0 Å². The third-order valence-electron chi connectivity index (χ3n) is 4.91. The molecule has 3 aromatic rings. The van der Waals surface area contributed by atoms with Crippen molar-refractivity contribution in [3.05, 3.63) is 71.8 Å². The SMILES string of the molecule is COc1ccc(CCCNC(=O)CCc2cccc3ccccc23)cc1OC. The molecule has 0 aliphatic rings. The fourth-order valence-electron chi connectivity index (χ4n) is 3.40. The lowest BCUT2D eigenvalue weighted by Crippen LogP contribution is -2.25. The minimum absolute atomic E-state index is 0.0974. The molecule has 3 aromatic carbocycles. The first-order chi connectivity index (χ1) is 13.7. The standard InChI is InChI=1S/C24H27NO3/c1-27-22-14-12-18(17-23(22)28-2)7-6-16-25-24(26)15-13-20-10-5-9-19-8-3-4-11-21(19)20/h3-5,8-12,14,17H,6-7,13,15-16H2,1-2H3,(H,25,26). The predicted octanol–water partition coefficient (Wildman–Crippen LogP) is 4.54. The molecule has 0 aliphatic heterocycles. The minimum atomic E-state index is 0.0974. The third kappa shape index (κ3) is 5.03. The van der Waals surface area contributed by atoms with Crippen LogP contribution in [0, 0.1) is 0 Å². The number of rotatable bonds is 9. The van der Waals surface area contributed by atoms with Gasteiger partial charge in [-0.15, -0.1) is 0 Å². The summed E-state index contributed by atoms with van der Waals surface area (Å²) in [5, 5.41) is 5.47. The van der Waals surface area contributed by atoms with E-state index in [4.69, 9.17) is 9.47 Å². The molecule has 0 aromatic heterocycles. The lowest BCUT2D eigenvalue weighted by atomic mass is 10.0. The highest BCUT2D eigenvalue weighted by atomic mass is 16.5. The normalized spacial score (nSPS) is 10.6. The molecule has 0 bridgehead atoms. The fourth-order valence-corrected chi connectivity index (χ4v) is 3.40. The molecule has 0 saturated heterocycles. The zero-order valence-electron chi connectivity index (χ0n) is 16.5. The van der Waals surface area contributed by atoms with E-state index in [1.165, 1.54) is 21.9 Å². The summed E-state index contributed by atoms with van der Waals surface area (Å²) in [7, 11) is 3.27. The molecular weight excluding hydrogens is 350 g/mol. The first kappa shape index (κ1) is 19.7. The van der Waals surface area contributed by atoms with Crippen molar-refractivity contribution in [2.24, 2.45) is 0 Å². The van der Waals surface area contributed by atoms with Gasteiger partial charge in [0, 0.05) is 13.0 Å². The van der Waals surface area contributed by atoms with Gasteiger partial charge in [-0.05, 0) is 53.3 Å². The summed E-state index contributed by atoms with van der Waals surface area (Å²) in [5.41, 5.74) is 2.39. The lowest BCUT2D eigenvalue weighted by Gasteiger charge is -2.10. The topological polar surface area (TPSA) is 47.6 Å². The molecule has 1 N–H and O–H groups in total. The molecule has 0 atom stereocenters. The maximum Gasteiger partial charge on any atom is 0.220 e. The zero-order chi connectivity index (χ0) is 19.8. The summed E-state index contributed by atoms with van der Waals surface area (Å²) < 4.78 is 10.6. The quantitative estimate of drug-likeness (QED) is 0.557. The summed E-state index contributed by atoms with van der Waals surface area (Å²) in [6, 6.07) is 20.5. The molecule has 4 nitrogen and oxygen atoms in total. The van der Waals surface area contributed by atoms with Gasteiger partial charge in [0.15, 0.2) is 11.5 Å². The molecule has 1 amide bonds. The lowest BCUT2D eigenvalue weighted by molar-refractivity contribution is -0.121. The molecule has 0 aliphatic carbocycles. The Bertz CT molecular complexity index is 931. The second-order valence-corrected chi connectivity index (χ2v) is 6.78. The number of carbonyl (C=O) groups excluding carboxylic acids is 1.